The van der Waals surface area contributed by atoms with Crippen LogP contribution < -0.4 is 5.32 Å². The van der Waals surface area contributed by atoms with Crippen LogP contribution >= 0.6 is 0 Å². The molecular formula is C23H25NO2. The van der Waals surface area contributed by atoms with Crippen LogP contribution in [0.3, 0.4) is 0 Å². The van der Waals surface area contributed by atoms with E-state index in [9.17, 15) is 0 Å². The topological polar surface area (TPSA) is 30.5 Å². The lowest BCUT2D eigenvalue weighted by molar-refractivity contribution is 0.0265. The van der Waals surface area contributed by atoms with Crippen molar-refractivity contribution in [2.75, 3.05) is 18.5 Å². The van der Waals surface area contributed by atoms with Crippen LogP contribution in [0.5, 0.6) is 0 Å². The fraction of sp³-hybridized carbons (Fsp3) is 0.391. The van der Waals surface area contributed by atoms with Gasteiger partial charge in [-0.15, -0.1) is 0 Å². The van der Waals surface area contributed by atoms with Crippen LogP contribution in [0.25, 0.3) is 0 Å². The quantitative estimate of drug-likeness (QED) is 0.837. The highest BCUT2D eigenvalue weighted by Gasteiger charge is 2.60. The fourth-order valence-electron chi connectivity index (χ4n) is 5.24. The van der Waals surface area contributed by atoms with Gasteiger partial charge in [-0.05, 0) is 30.0 Å². The molecule has 2 aromatic carbocycles. The predicted molar refractivity (Wildman–Crippen MR) is 103 cm³/mol. The van der Waals surface area contributed by atoms with Crippen molar-refractivity contribution in [3.05, 3.63) is 77.9 Å². The summed E-state index contributed by atoms with van der Waals surface area (Å²) in [6.07, 6.45) is 2.25. The second-order valence-corrected chi connectivity index (χ2v) is 7.79. The zero-order valence-electron chi connectivity index (χ0n) is 15.0. The zero-order valence-corrected chi connectivity index (χ0v) is 15.0. The molecule has 1 saturated heterocycles. The van der Waals surface area contributed by atoms with Gasteiger partial charge in [0.15, 0.2) is 0 Å². The zero-order chi connectivity index (χ0) is 17.6. The molecule has 0 bridgehead atoms. The first-order valence-electron chi connectivity index (χ1n) is 9.56. The molecule has 2 aliphatic heterocycles. The number of hydrogen-bond donors (Lipinski definition) is 1. The molecule has 0 radical (unpaired) electrons. The van der Waals surface area contributed by atoms with Crippen molar-refractivity contribution < 1.29 is 9.47 Å². The SMILES string of the molecule is C=C1C[C@@H]2OCC[C@@]23c2ccccc2N[C@H]3[C@H]1COCc1ccccc1. The minimum atomic E-state index is 0.0680. The Morgan fingerprint density at radius 3 is 2.81 bits per heavy atom. The maximum Gasteiger partial charge on any atom is 0.0730 e. The summed E-state index contributed by atoms with van der Waals surface area (Å²) in [4.78, 5) is 0. The highest BCUT2D eigenvalue weighted by atomic mass is 16.5. The van der Waals surface area contributed by atoms with E-state index in [-0.39, 0.29) is 11.5 Å². The van der Waals surface area contributed by atoms with Gasteiger partial charge in [-0.2, -0.15) is 0 Å². The normalized spacial score (nSPS) is 31.8. The lowest BCUT2D eigenvalue weighted by Crippen LogP contribution is -2.54. The highest BCUT2D eigenvalue weighted by Crippen LogP contribution is 2.57. The van der Waals surface area contributed by atoms with E-state index in [1.165, 1.54) is 22.4 Å². The summed E-state index contributed by atoms with van der Waals surface area (Å²) in [7, 11) is 0. The van der Waals surface area contributed by atoms with Gasteiger partial charge in [-0.3, -0.25) is 0 Å². The lowest BCUT2D eigenvalue weighted by atomic mass is 9.61. The molecule has 0 aromatic heterocycles. The highest BCUT2D eigenvalue weighted by molar-refractivity contribution is 5.64. The number of anilines is 1. The van der Waals surface area contributed by atoms with Crippen LogP contribution in [0.15, 0.2) is 66.7 Å². The van der Waals surface area contributed by atoms with Gasteiger partial charge < -0.3 is 14.8 Å². The van der Waals surface area contributed by atoms with Crippen molar-refractivity contribution in [1.82, 2.24) is 0 Å². The number of nitrogens with one attached hydrogen (secondary N) is 1. The summed E-state index contributed by atoms with van der Waals surface area (Å²) < 4.78 is 12.3. The summed E-state index contributed by atoms with van der Waals surface area (Å²) in [5.74, 6) is 0.309. The molecule has 1 saturated carbocycles. The number of rotatable bonds is 4. The first-order valence-corrected chi connectivity index (χ1v) is 9.56. The third-order valence-electron chi connectivity index (χ3n) is 6.49. The smallest absolute Gasteiger partial charge is 0.0730 e. The Kier molecular flexibility index (Phi) is 3.87. The molecule has 1 aliphatic carbocycles. The Morgan fingerprint density at radius 1 is 1.12 bits per heavy atom. The van der Waals surface area contributed by atoms with Crippen LogP contribution in [0.1, 0.15) is 24.0 Å². The molecule has 5 rings (SSSR count). The van der Waals surface area contributed by atoms with E-state index in [2.05, 4.69) is 60.4 Å². The third-order valence-corrected chi connectivity index (χ3v) is 6.49. The fourth-order valence-corrected chi connectivity index (χ4v) is 5.24. The van der Waals surface area contributed by atoms with Crippen LogP contribution in [-0.2, 0) is 21.5 Å². The van der Waals surface area contributed by atoms with E-state index in [4.69, 9.17) is 9.47 Å². The van der Waals surface area contributed by atoms with Crippen molar-refractivity contribution in [3.63, 3.8) is 0 Å². The molecular weight excluding hydrogens is 322 g/mol. The van der Waals surface area contributed by atoms with Gasteiger partial charge in [-0.25, -0.2) is 0 Å². The molecule has 134 valence electrons. The molecule has 3 aliphatic rings. The standard InChI is InChI=1S/C23H25NO2/c1-16-13-21-23(11-12-26-21)19-9-5-6-10-20(19)24-22(23)18(16)15-25-14-17-7-3-2-4-8-17/h2-10,18,21-22,24H,1,11-15H2/t18-,21-,22-,23+/m0/s1. The minimum absolute atomic E-state index is 0.0680. The summed E-state index contributed by atoms with van der Waals surface area (Å²) in [6, 6.07) is 19.4. The Morgan fingerprint density at radius 2 is 1.92 bits per heavy atom. The summed E-state index contributed by atoms with van der Waals surface area (Å²) in [6.45, 7) is 6.59. The summed E-state index contributed by atoms with van der Waals surface area (Å²) in [5.41, 5.74) is 5.22. The Bertz CT molecular complexity index is 818. The lowest BCUT2D eigenvalue weighted by Gasteiger charge is -2.46. The van der Waals surface area contributed by atoms with Gasteiger partial charge in [0.25, 0.3) is 0 Å². The molecule has 0 unspecified atom stereocenters. The van der Waals surface area contributed by atoms with Crippen molar-refractivity contribution >= 4 is 5.69 Å². The van der Waals surface area contributed by atoms with Gasteiger partial charge >= 0.3 is 0 Å². The van der Waals surface area contributed by atoms with Crippen molar-refractivity contribution in [1.29, 1.82) is 0 Å². The number of ether oxygens (including phenoxy) is 2. The molecule has 26 heavy (non-hydrogen) atoms. The molecule has 2 fully saturated rings. The number of benzene rings is 2. The van der Waals surface area contributed by atoms with E-state index in [1.807, 2.05) is 6.07 Å². The third kappa shape index (κ3) is 2.34. The van der Waals surface area contributed by atoms with E-state index in [0.717, 1.165) is 19.4 Å². The van der Waals surface area contributed by atoms with Crippen LogP contribution in [0, 0.1) is 5.92 Å². The predicted octanol–water partition coefficient (Wildman–Crippen LogP) is 4.30. The minimum Gasteiger partial charge on any atom is -0.380 e. The average molecular weight is 347 g/mol. The molecule has 4 atom stereocenters. The van der Waals surface area contributed by atoms with E-state index in [0.29, 0.717) is 25.2 Å². The maximum absolute atomic E-state index is 6.17. The van der Waals surface area contributed by atoms with E-state index < -0.39 is 0 Å². The van der Waals surface area contributed by atoms with Crippen molar-refractivity contribution in [2.24, 2.45) is 5.92 Å². The molecule has 0 amide bonds. The largest absolute Gasteiger partial charge is 0.380 e. The Labute approximate surface area is 155 Å². The first-order chi connectivity index (χ1) is 12.8. The second kappa shape index (κ2) is 6.26. The van der Waals surface area contributed by atoms with Crippen LogP contribution in [0.4, 0.5) is 5.69 Å². The van der Waals surface area contributed by atoms with Gasteiger partial charge in [0.05, 0.1) is 19.3 Å². The van der Waals surface area contributed by atoms with E-state index >= 15 is 0 Å². The molecule has 3 heteroatoms. The molecule has 2 aromatic rings. The molecule has 3 nitrogen and oxygen atoms in total. The average Bonchev–Trinajstić information content (AvgIpc) is 3.24. The molecule has 2 heterocycles. The van der Waals surface area contributed by atoms with Gasteiger partial charge in [0.1, 0.15) is 0 Å². The number of fused-ring (bicyclic) bond motifs is 1. The summed E-state index contributed by atoms with van der Waals surface area (Å²) >= 11 is 0. The Balaban J connectivity index is 1.40. The van der Waals surface area contributed by atoms with Gasteiger partial charge in [0.2, 0.25) is 0 Å². The second-order valence-electron chi connectivity index (χ2n) is 7.79. The van der Waals surface area contributed by atoms with Crippen molar-refractivity contribution in [3.8, 4) is 0 Å². The monoisotopic (exact) mass is 347 g/mol. The number of hydrogen-bond acceptors (Lipinski definition) is 3. The van der Waals surface area contributed by atoms with Crippen LogP contribution in [-0.4, -0.2) is 25.4 Å². The van der Waals surface area contributed by atoms with Gasteiger partial charge in [-0.1, -0.05) is 60.7 Å². The summed E-state index contributed by atoms with van der Waals surface area (Å²) in [5, 5.41) is 3.81. The van der Waals surface area contributed by atoms with Gasteiger partial charge in [0, 0.05) is 29.7 Å². The maximum atomic E-state index is 6.17. The Hall–Kier alpha value is -2.10. The van der Waals surface area contributed by atoms with Crippen molar-refractivity contribution in [2.45, 2.75) is 37.0 Å². The van der Waals surface area contributed by atoms with Crippen LogP contribution in [0.2, 0.25) is 0 Å². The van der Waals surface area contributed by atoms with E-state index in [1.54, 1.807) is 0 Å². The first kappa shape index (κ1) is 16.1. The molecule has 1 N–H and O–H groups in total. The molecule has 1 spiro atoms. The number of para-hydroxylation sites is 1.